The lowest BCUT2D eigenvalue weighted by Crippen LogP contribution is -2.48. The number of carbonyl (C=O) groups excluding carboxylic acids is 1. The zero-order valence-electron chi connectivity index (χ0n) is 15.3. The lowest BCUT2D eigenvalue weighted by Gasteiger charge is -2.18. The smallest absolute Gasteiger partial charge is 0.315 e. The van der Waals surface area contributed by atoms with Crippen molar-refractivity contribution in [3.05, 3.63) is 63.9 Å². The molecular formula is C21H24N2O3S. The minimum Gasteiger partial charge on any atom is -0.373 e. The monoisotopic (exact) mass is 384 g/mol. The molecule has 2 aliphatic heterocycles. The molecule has 1 aromatic carbocycles. The van der Waals surface area contributed by atoms with Crippen molar-refractivity contribution >= 4 is 23.4 Å². The van der Waals surface area contributed by atoms with Gasteiger partial charge < -0.3 is 20.1 Å². The van der Waals surface area contributed by atoms with Gasteiger partial charge >= 0.3 is 6.03 Å². The van der Waals surface area contributed by atoms with Gasteiger partial charge in [-0.15, -0.1) is 0 Å². The van der Waals surface area contributed by atoms with E-state index in [1.807, 2.05) is 25.1 Å². The standard InChI is InChI=1S/C21H24N2O3S/c1-14-3-2-4-16(9-14)10-22-21(24)23-18-12-26-19-17(11-25-20(18)19)6-5-15-7-8-27-13-15/h2-9,13,17-20H,10-12H2,1H3,(H2,22,23,24)/b6-5-/t17-,18-,19+,20+/m0/s1. The van der Waals surface area contributed by atoms with Crippen molar-refractivity contribution in [2.75, 3.05) is 13.2 Å². The number of hydrogen-bond acceptors (Lipinski definition) is 4. The molecule has 4 rings (SSSR count). The van der Waals surface area contributed by atoms with E-state index in [0.29, 0.717) is 19.8 Å². The zero-order chi connectivity index (χ0) is 18.6. The summed E-state index contributed by atoms with van der Waals surface area (Å²) in [7, 11) is 0. The number of thiophene rings is 1. The highest BCUT2D eigenvalue weighted by Gasteiger charge is 2.47. The van der Waals surface area contributed by atoms with E-state index in [2.05, 4.69) is 45.7 Å². The van der Waals surface area contributed by atoms with E-state index >= 15 is 0 Å². The third-order valence-corrected chi connectivity index (χ3v) is 5.72. The molecule has 6 heteroatoms. The van der Waals surface area contributed by atoms with Crippen molar-refractivity contribution in [3.63, 3.8) is 0 Å². The Morgan fingerprint density at radius 2 is 2.15 bits per heavy atom. The largest absolute Gasteiger partial charge is 0.373 e. The van der Waals surface area contributed by atoms with Crippen LogP contribution in [0.1, 0.15) is 16.7 Å². The number of carbonyl (C=O) groups is 1. The van der Waals surface area contributed by atoms with Crippen LogP contribution in [0.15, 0.2) is 47.2 Å². The molecule has 2 amide bonds. The van der Waals surface area contributed by atoms with E-state index in [4.69, 9.17) is 9.47 Å². The summed E-state index contributed by atoms with van der Waals surface area (Å²) in [6.07, 6.45) is 4.19. The second kappa shape index (κ2) is 8.25. The summed E-state index contributed by atoms with van der Waals surface area (Å²) in [4.78, 5) is 12.3. The number of benzene rings is 1. The van der Waals surface area contributed by atoms with Crippen LogP contribution >= 0.6 is 11.3 Å². The van der Waals surface area contributed by atoms with Gasteiger partial charge in [0.25, 0.3) is 0 Å². The first-order valence-electron chi connectivity index (χ1n) is 9.22. The summed E-state index contributed by atoms with van der Waals surface area (Å²) in [6, 6.07) is 9.90. The number of amides is 2. The highest BCUT2D eigenvalue weighted by molar-refractivity contribution is 7.08. The highest BCUT2D eigenvalue weighted by Crippen LogP contribution is 2.32. The maximum Gasteiger partial charge on any atom is 0.315 e. The topological polar surface area (TPSA) is 59.6 Å². The first-order chi connectivity index (χ1) is 13.2. The Balaban J connectivity index is 1.28. The van der Waals surface area contributed by atoms with E-state index in [1.165, 1.54) is 11.1 Å². The van der Waals surface area contributed by atoms with Crippen LogP contribution in [0, 0.1) is 12.8 Å². The van der Waals surface area contributed by atoms with Gasteiger partial charge in [0.1, 0.15) is 6.10 Å². The fourth-order valence-corrected chi connectivity index (χ4v) is 4.27. The maximum absolute atomic E-state index is 12.3. The van der Waals surface area contributed by atoms with Gasteiger partial charge in [0.2, 0.25) is 0 Å². The second-order valence-corrected chi connectivity index (χ2v) is 7.88. The molecule has 0 radical (unpaired) electrons. The molecule has 4 atom stereocenters. The van der Waals surface area contributed by atoms with Crippen LogP contribution in [-0.4, -0.2) is 37.5 Å². The molecule has 2 fully saturated rings. The van der Waals surface area contributed by atoms with Crippen molar-refractivity contribution in [1.29, 1.82) is 0 Å². The number of ether oxygens (including phenoxy) is 2. The molecule has 5 nitrogen and oxygen atoms in total. The Hall–Kier alpha value is -2.15. The molecule has 1 aromatic heterocycles. The fraction of sp³-hybridized carbons (Fsp3) is 0.381. The fourth-order valence-electron chi connectivity index (χ4n) is 3.65. The van der Waals surface area contributed by atoms with Gasteiger partial charge in [-0.25, -0.2) is 4.79 Å². The quantitative estimate of drug-likeness (QED) is 0.831. The summed E-state index contributed by atoms with van der Waals surface area (Å²) < 4.78 is 11.9. The van der Waals surface area contributed by atoms with Crippen LogP contribution in [-0.2, 0) is 16.0 Å². The van der Waals surface area contributed by atoms with Gasteiger partial charge in [-0.2, -0.15) is 11.3 Å². The van der Waals surface area contributed by atoms with Crippen molar-refractivity contribution in [1.82, 2.24) is 10.6 Å². The summed E-state index contributed by atoms with van der Waals surface area (Å²) in [5.74, 6) is 0.219. The van der Waals surface area contributed by atoms with Crippen molar-refractivity contribution in [2.45, 2.75) is 31.7 Å². The number of aryl methyl sites for hydroxylation is 1. The molecule has 2 aromatic rings. The summed E-state index contributed by atoms with van der Waals surface area (Å²) in [6.45, 7) is 3.65. The molecule has 2 saturated heterocycles. The van der Waals surface area contributed by atoms with Crippen molar-refractivity contribution < 1.29 is 14.3 Å². The minimum absolute atomic E-state index is 0.00181. The summed E-state index contributed by atoms with van der Waals surface area (Å²) >= 11 is 1.68. The lowest BCUT2D eigenvalue weighted by molar-refractivity contribution is 0.0661. The zero-order valence-corrected chi connectivity index (χ0v) is 16.1. The molecule has 0 aliphatic carbocycles. The normalized spacial score (nSPS) is 27.0. The average Bonchev–Trinajstić information content (AvgIpc) is 3.38. The SMILES string of the molecule is Cc1cccc(CNC(=O)N[C@H]2CO[C@H]3[C@@H]2OC[C@@H]3/C=C\c2ccsc2)c1. The molecule has 0 unspecified atom stereocenters. The minimum atomic E-state index is -0.188. The number of nitrogens with one attached hydrogen (secondary N) is 2. The van der Waals surface area contributed by atoms with E-state index in [1.54, 1.807) is 11.3 Å². The van der Waals surface area contributed by atoms with Gasteiger partial charge in [-0.3, -0.25) is 0 Å². The molecule has 27 heavy (non-hydrogen) atoms. The van der Waals surface area contributed by atoms with E-state index < -0.39 is 0 Å². The van der Waals surface area contributed by atoms with E-state index in [0.717, 1.165) is 5.56 Å². The van der Waals surface area contributed by atoms with Crippen LogP contribution in [0.3, 0.4) is 0 Å². The van der Waals surface area contributed by atoms with Crippen molar-refractivity contribution in [3.8, 4) is 0 Å². The number of fused-ring (bicyclic) bond motifs is 1. The second-order valence-electron chi connectivity index (χ2n) is 7.10. The molecule has 142 valence electrons. The highest BCUT2D eigenvalue weighted by atomic mass is 32.1. The molecule has 2 aliphatic rings. The van der Waals surface area contributed by atoms with Crippen molar-refractivity contribution in [2.24, 2.45) is 5.92 Å². The molecule has 2 N–H and O–H groups in total. The van der Waals surface area contributed by atoms with Crippen LogP contribution in [0.25, 0.3) is 6.08 Å². The Bertz CT molecular complexity index is 806. The van der Waals surface area contributed by atoms with Gasteiger partial charge in [-0.1, -0.05) is 42.0 Å². The number of urea groups is 1. The predicted octanol–water partition coefficient (Wildman–Crippen LogP) is 3.35. The Morgan fingerprint density at radius 3 is 2.96 bits per heavy atom. The number of hydrogen-bond donors (Lipinski definition) is 2. The maximum atomic E-state index is 12.3. The Kier molecular flexibility index (Phi) is 5.57. The third-order valence-electron chi connectivity index (χ3n) is 5.02. The molecule has 0 saturated carbocycles. The molecular weight excluding hydrogens is 360 g/mol. The Morgan fingerprint density at radius 1 is 1.26 bits per heavy atom. The van der Waals surface area contributed by atoms with Crippen LogP contribution in [0.2, 0.25) is 0 Å². The molecule has 0 bridgehead atoms. The Labute approximate surface area is 163 Å². The van der Waals surface area contributed by atoms with Gasteiger partial charge in [0.15, 0.2) is 0 Å². The predicted molar refractivity (Wildman–Crippen MR) is 107 cm³/mol. The van der Waals surface area contributed by atoms with E-state index in [-0.39, 0.29) is 30.2 Å². The van der Waals surface area contributed by atoms with Gasteiger partial charge in [-0.05, 0) is 34.9 Å². The summed E-state index contributed by atoms with van der Waals surface area (Å²) in [5.41, 5.74) is 3.47. The molecule has 0 spiro atoms. The molecule has 3 heterocycles. The van der Waals surface area contributed by atoms with Gasteiger partial charge in [0, 0.05) is 12.5 Å². The average molecular weight is 385 g/mol. The first kappa shape index (κ1) is 18.2. The van der Waals surface area contributed by atoms with Gasteiger partial charge in [0.05, 0.1) is 25.4 Å². The third kappa shape index (κ3) is 4.40. The van der Waals surface area contributed by atoms with Crippen LogP contribution < -0.4 is 10.6 Å². The van der Waals surface area contributed by atoms with Crippen LogP contribution in [0.4, 0.5) is 4.79 Å². The lowest BCUT2D eigenvalue weighted by atomic mass is 9.99. The summed E-state index contributed by atoms with van der Waals surface area (Å²) in [5, 5.41) is 10.1. The first-order valence-corrected chi connectivity index (χ1v) is 10.2. The number of rotatable bonds is 5. The van der Waals surface area contributed by atoms with E-state index in [9.17, 15) is 4.79 Å². The van der Waals surface area contributed by atoms with Crippen LogP contribution in [0.5, 0.6) is 0 Å².